The molecule has 0 saturated heterocycles. The molecular weight excluding hydrogens is 166 g/mol. The second-order valence-corrected chi connectivity index (χ2v) is 3.40. The molecule has 1 unspecified atom stereocenters. The third-order valence-electron chi connectivity index (χ3n) is 2.06. The van der Waals surface area contributed by atoms with E-state index in [1.165, 1.54) is 0 Å². The Morgan fingerprint density at radius 3 is 2.69 bits per heavy atom. The van der Waals surface area contributed by atoms with E-state index in [-0.39, 0.29) is 12.6 Å². The van der Waals surface area contributed by atoms with Crippen molar-refractivity contribution in [3.05, 3.63) is 23.2 Å². The molecule has 1 aromatic heterocycles. The van der Waals surface area contributed by atoms with Gasteiger partial charge in [0.15, 0.2) is 0 Å². The molecular formula is C10H17NO2. The first kappa shape index (κ1) is 10.3. The van der Waals surface area contributed by atoms with Crippen LogP contribution in [0.25, 0.3) is 0 Å². The van der Waals surface area contributed by atoms with Gasteiger partial charge in [-0.05, 0) is 26.8 Å². The van der Waals surface area contributed by atoms with Crippen molar-refractivity contribution in [1.29, 1.82) is 0 Å². The van der Waals surface area contributed by atoms with E-state index in [1.807, 2.05) is 26.8 Å². The second-order valence-electron chi connectivity index (χ2n) is 3.40. The number of furan rings is 1. The molecule has 3 nitrogen and oxygen atoms in total. The third-order valence-corrected chi connectivity index (χ3v) is 2.06. The summed E-state index contributed by atoms with van der Waals surface area (Å²) >= 11 is 0. The van der Waals surface area contributed by atoms with Gasteiger partial charge in [-0.1, -0.05) is 0 Å². The molecule has 1 atom stereocenters. The van der Waals surface area contributed by atoms with Gasteiger partial charge in [-0.25, -0.2) is 0 Å². The van der Waals surface area contributed by atoms with Gasteiger partial charge in [-0.2, -0.15) is 0 Å². The second kappa shape index (κ2) is 4.44. The fraction of sp³-hybridized carbons (Fsp3) is 0.600. The summed E-state index contributed by atoms with van der Waals surface area (Å²) in [6.07, 6.45) is 0. The highest BCUT2D eigenvalue weighted by Gasteiger charge is 2.05. The van der Waals surface area contributed by atoms with Gasteiger partial charge in [-0.15, -0.1) is 0 Å². The Morgan fingerprint density at radius 2 is 2.23 bits per heavy atom. The minimum atomic E-state index is 0.134. The molecule has 13 heavy (non-hydrogen) atoms. The number of hydrogen-bond donors (Lipinski definition) is 2. The zero-order chi connectivity index (χ0) is 9.84. The number of aryl methyl sites for hydroxylation is 2. The van der Waals surface area contributed by atoms with Crippen molar-refractivity contribution < 1.29 is 9.52 Å². The van der Waals surface area contributed by atoms with E-state index >= 15 is 0 Å². The highest BCUT2D eigenvalue weighted by molar-refractivity contribution is 5.19. The fourth-order valence-corrected chi connectivity index (χ4v) is 1.21. The average Bonchev–Trinajstić information content (AvgIpc) is 2.41. The smallest absolute Gasteiger partial charge is 0.105 e. The summed E-state index contributed by atoms with van der Waals surface area (Å²) in [7, 11) is 0. The van der Waals surface area contributed by atoms with Crippen LogP contribution in [0.4, 0.5) is 0 Å². The topological polar surface area (TPSA) is 45.4 Å². The van der Waals surface area contributed by atoms with Crippen LogP contribution in [0.2, 0.25) is 0 Å². The SMILES string of the molecule is Cc1cc(CNC(C)CO)c(C)o1. The van der Waals surface area contributed by atoms with Crippen molar-refractivity contribution in [2.45, 2.75) is 33.4 Å². The van der Waals surface area contributed by atoms with E-state index in [0.717, 1.165) is 23.6 Å². The fourth-order valence-electron chi connectivity index (χ4n) is 1.21. The Hall–Kier alpha value is -0.800. The van der Waals surface area contributed by atoms with Crippen molar-refractivity contribution in [2.75, 3.05) is 6.61 Å². The Morgan fingerprint density at radius 1 is 1.54 bits per heavy atom. The first-order chi connectivity index (χ1) is 6.13. The molecule has 3 heteroatoms. The monoisotopic (exact) mass is 183 g/mol. The lowest BCUT2D eigenvalue weighted by Crippen LogP contribution is -2.28. The molecule has 1 heterocycles. The number of hydrogen-bond acceptors (Lipinski definition) is 3. The molecule has 0 aliphatic heterocycles. The lowest BCUT2D eigenvalue weighted by Gasteiger charge is -2.09. The maximum atomic E-state index is 8.80. The van der Waals surface area contributed by atoms with Crippen molar-refractivity contribution in [3.8, 4) is 0 Å². The van der Waals surface area contributed by atoms with Crippen LogP contribution in [0, 0.1) is 13.8 Å². The Labute approximate surface area is 78.8 Å². The summed E-state index contributed by atoms with van der Waals surface area (Å²) in [4.78, 5) is 0. The molecule has 74 valence electrons. The molecule has 0 amide bonds. The Bertz CT molecular complexity index is 268. The average molecular weight is 183 g/mol. The van der Waals surface area contributed by atoms with Crippen molar-refractivity contribution in [3.63, 3.8) is 0 Å². The van der Waals surface area contributed by atoms with Gasteiger partial charge >= 0.3 is 0 Å². The predicted molar refractivity (Wildman–Crippen MR) is 51.6 cm³/mol. The molecule has 0 fully saturated rings. The van der Waals surface area contributed by atoms with E-state index in [4.69, 9.17) is 9.52 Å². The molecule has 1 rings (SSSR count). The number of aliphatic hydroxyl groups excluding tert-OH is 1. The van der Waals surface area contributed by atoms with E-state index in [2.05, 4.69) is 5.32 Å². The summed E-state index contributed by atoms with van der Waals surface area (Å²) in [5.74, 6) is 1.89. The van der Waals surface area contributed by atoms with E-state index in [9.17, 15) is 0 Å². The first-order valence-electron chi connectivity index (χ1n) is 4.53. The van der Waals surface area contributed by atoms with Gasteiger partial charge in [-0.3, -0.25) is 0 Å². The van der Waals surface area contributed by atoms with Crippen molar-refractivity contribution in [2.24, 2.45) is 0 Å². The van der Waals surface area contributed by atoms with E-state index < -0.39 is 0 Å². The van der Waals surface area contributed by atoms with Crippen LogP contribution < -0.4 is 5.32 Å². The molecule has 0 aromatic carbocycles. The van der Waals surface area contributed by atoms with Crippen LogP contribution in [0.5, 0.6) is 0 Å². The largest absolute Gasteiger partial charge is 0.466 e. The third kappa shape index (κ3) is 2.86. The number of rotatable bonds is 4. The zero-order valence-corrected chi connectivity index (χ0v) is 8.42. The van der Waals surface area contributed by atoms with Crippen LogP contribution in [-0.4, -0.2) is 17.8 Å². The Balaban J connectivity index is 2.49. The summed E-state index contributed by atoms with van der Waals surface area (Å²) in [5, 5.41) is 12.0. The molecule has 0 bridgehead atoms. The Kier molecular flexibility index (Phi) is 3.51. The lowest BCUT2D eigenvalue weighted by atomic mass is 10.2. The molecule has 0 aliphatic rings. The minimum absolute atomic E-state index is 0.134. The number of nitrogens with one attached hydrogen (secondary N) is 1. The number of aliphatic hydroxyl groups is 1. The summed E-state index contributed by atoms with van der Waals surface area (Å²) in [5.41, 5.74) is 1.16. The standard InChI is InChI=1S/C10H17NO2/c1-7(6-12)11-5-10-4-8(2)13-9(10)3/h4,7,11-12H,5-6H2,1-3H3. The van der Waals surface area contributed by atoms with Gasteiger partial charge in [0, 0.05) is 18.2 Å². The molecule has 0 radical (unpaired) electrons. The quantitative estimate of drug-likeness (QED) is 0.741. The van der Waals surface area contributed by atoms with Gasteiger partial charge < -0.3 is 14.8 Å². The minimum Gasteiger partial charge on any atom is -0.466 e. The van der Waals surface area contributed by atoms with Gasteiger partial charge in [0.2, 0.25) is 0 Å². The van der Waals surface area contributed by atoms with Gasteiger partial charge in [0.1, 0.15) is 11.5 Å². The molecule has 0 saturated carbocycles. The highest BCUT2D eigenvalue weighted by atomic mass is 16.3. The van der Waals surface area contributed by atoms with Crippen LogP contribution in [0.1, 0.15) is 24.0 Å². The summed E-state index contributed by atoms with van der Waals surface area (Å²) < 4.78 is 5.38. The molecule has 0 spiro atoms. The highest BCUT2D eigenvalue weighted by Crippen LogP contribution is 2.13. The maximum Gasteiger partial charge on any atom is 0.105 e. The van der Waals surface area contributed by atoms with Crippen LogP contribution in [0.3, 0.4) is 0 Å². The first-order valence-corrected chi connectivity index (χ1v) is 4.53. The summed E-state index contributed by atoms with van der Waals surface area (Å²) in [6.45, 7) is 6.75. The van der Waals surface area contributed by atoms with Gasteiger partial charge in [0.25, 0.3) is 0 Å². The van der Waals surface area contributed by atoms with Gasteiger partial charge in [0.05, 0.1) is 6.61 Å². The molecule has 1 aromatic rings. The zero-order valence-electron chi connectivity index (χ0n) is 8.42. The predicted octanol–water partition coefficient (Wildman–Crippen LogP) is 1.37. The normalized spacial score (nSPS) is 13.2. The lowest BCUT2D eigenvalue weighted by molar-refractivity contribution is 0.251. The van der Waals surface area contributed by atoms with Crippen LogP contribution in [0.15, 0.2) is 10.5 Å². The van der Waals surface area contributed by atoms with E-state index in [0.29, 0.717) is 0 Å². The van der Waals surface area contributed by atoms with Crippen LogP contribution >= 0.6 is 0 Å². The molecule has 2 N–H and O–H groups in total. The molecule has 0 aliphatic carbocycles. The van der Waals surface area contributed by atoms with Crippen molar-refractivity contribution >= 4 is 0 Å². The summed E-state index contributed by atoms with van der Waals surface area (Å²) in [6, 6.07) is 2.15. The van der Waals surface area contributed by atoms with Crippen molar-refractivity contribution in [1.82, 2.24) is 5.32 Å². The van der Waals surface area contributed by atoms with Crippen LogP contribution in [-0.2, 0) is 6.54 Å². The van der Waals surface area contributed by atoms with E-state index in [1.54, 1.807) is 0 Å². The maximum absolute atomic E-state index is 8.80.